The summed E-state index contributed by atoms with van der Waals surface area (Å²) in [6.07, 6.45) is 3.25. The summed E-state index contributed by atoms with van der Waals surface area (Å²) in [7, 11) is 0. The molecule has 0 bridgehead atoms. The lowest BCUT2D eigenvalue weighted by atomic mass is 10.1. The zero-order chi connectivity index (χ0) is 24.5. The van der Waals surface area contributed by atoms with E-state index in [1.54, 1.807) is 16.8 Å². The summed E-state index contributed by atoms with van der Waals surface area (Å²) in [6.45, 7) is 5.44. The number of nitrogens with one attached hydrogen (secondary N) is 2. The number of halogens is 1. The molecule has 0 saturated carbocycles. The SMILES string of the molecule is Cc1cc(C(=O)Nc2ccc(C(=N)N3CCCCC3)cc2F)n(-c2cc3ccccc3cc2C)n1. The number of aryl methyl sites for hydroxylation is 2. The summed E-state index contributed by atoms with van der Waals surface area (Å²) in [5.74, 6) is -0.694. The molecule has 1 aromatic heterocycles. The number of likely N-dealkylation sites (tertiary alicyclic amines) is 1. The van der Waals surface area contributed by atoms with Gasteiger partial charge in [0.15, 0.2) is 0 Å². The number of aromatic nitrogens is 2. The lowest BCUT2D eigenvalue weighted by molar-refractivity contribution is 0.101. The number of carbonyl (C=O) groups is 1. The molecule has 3 aromatic carbocycles. The zero-order valence-electron chi connectivity index (χ0n) is 19.9. The van der Waals surface area contributed by atoms with Crippen LogP contribution >= 0.6 is 0 Å². The Balaban J connectivity index is 1.41. The van der Waals surface area contributed by atoms with Crippen molar-refractivity contribution in [1.82, 2.24) is 14.7 Å². The zero-order valence-corrected chi connectivity index (χ0v) is 19.9. The van der Waals surface area contributed by atoms with Crippen molar-refractivity contribution in [3.63, 3.8) is 0 Å². The topological polar surface area (TPSA) is 74.0 Å². The molecular weight excluding hydrogens is 441 g/mol. The van der Waals surface area contributed by atoms with Crippen molar-refractivity contribution in [2.24, 2.45) is 0 Å². The largest absolute Gasteiger partial charge is 0.357 e. The number of hydrogen-bond donors (Lipinski definition) is 2. The van der Waals surface area contributed by atoms with Gasteiger partial charge in [-0.3, -0.25) is 10.2 Å². The summed E-state index contributed by atoms with van der Waals surface area (Å²) in [4.78, 5) is 15.2. The minimum absolute atomic E-state index is 0.0748. The number of fused-ring (bicyclic) bond motifs is 1. The summed E-state index contributed by atoms with van der Waals surface area (Å²) in [5, 5.41) is 17.8. The van der Waals surface area contributed by atoms with Crippen LogP contribution in [0.5, 0.6) is 0 Å². The maximum absolute atomic E-state index is 15.0. The Kier molecular flexibility index (Phi) is 6.07. The van der Waals surface area contributed by atoms with Gasteiger partial charge in [-0.15, -0.1) is 0 Å². The highest BCUT2D eigenvalue weighted by atomic mass is 19.1. The number of amides is 1. The molecule has 178 valence electrons. The highest BCUT2D eigenvalue weighted by Crippen LogP contribution is 2.25. The number of benzene rings is 3. The first-order valence-electron chi connectivity index (χ1n) is 11.9. The molecule has 4 aromatic rings. The van der Waals surface area contributed by atoms with Gasteiger partial charge in [0.25, 0.3) is 5.91 Å². The van der Waals surface area contributed by atoms with Gasteiger partial charge in [-0.1, -0.05) is 24.3 Å². The van der Waals surface area contributed by atoms with Crippen LogP contribution in [0.2, 0.25) is 0 Å². The van der Waals surface area contributed by atoms with E-state index in [9.17, 15) is 9.18 Å². The highest BCUT2D eigenvalue weighted by molar-refractivity contribution is 6.04. The first-order valence-corrected chi connectivity index (χ1v) is 11.9. The van der Waals surface area contributed by atoms with Gasteiger partial charge in [0, 0.05) is 18.7 Å². The second kappa shape index (κ2) is 9.33. The van der Waals surface area contributed by atoms with Crippen molar-refractivity contribution in [2.75, 3.05) is 18.4 Å². The molecule has 7 heteroatoms. The van der Waals surface area contributed by atoms with Gasteiger partial charge >= 0.3 is 0 Å². The van der Waals surface area contributed by atoms with E-state index in [0.717, 1.165) is 54.4 Å². The summed E-state index contributed by atoms with van der Waals surface area (Å²) in [5.41, 5.74) is 3.38. The number of piperidine rings is 1. The van der Waals surface area contributed by atoms with Gasteiger partial charge < -0.3 is 10.2 Å². The molecule has 0 aliphatic carbocycles. The third-order valence-corrected chi connectivity index (χ3v) is 6.52. The van der Waals surface area contributed by atoms with Crippen LogP contribution in [0.4, 0.5) is 10.1 Å². The normalized spacial score (nSPS) is 13.7. The van der Waals surface area contributed by atoms with E-state index in [0.29, 0.717) is 22.8 Å². The lowest BCUT2D eigenvalue weighted by Gasteiger charge is -2.29. The van der Waals surface area contributed by atoms with Gasteiger partial charge in [-0.05, 0) is 85.8 Å². The van der Waals surface area contributed by atoms with Crippen molar-refractivity contribution >= 4 is 28.2 Å². The predicted octanol–water partition coefficient (Wildman–Crippen LogP) is 5.85. The van der Waals surface area contributed by atoms with Crippen LogP contribution in [-0.2, 0) is 0 Å². The van der Waals surface area contributed by atoms with Crippen LogP contribution < -0.4 is 5.32 Å². The summed E-state index contributed by atoms with van der Waals surface area (Å²) in [6, 6.07) is 18.3. The molecule has 6 nitrogen and oxygen atoms in total. The fourth-order valence-corrected chi connectivity index (χ4v) is 4.67. The minimum Gasteiger partial charge on any atom is -0.357 e. The van der Waals surface area contributed by atoms with Crippen LogP contribution in [0.3, 0.4) is 0 Å². The monoisotopic (exact) mass is 469 g/mol. The Labute approximate surface area is 203 Å². The van der Waals surface area contributed by atoms with Gasteiger partial charge in [0.05, 0.1) is 17.1 Å². The quantitative estimate of drug-likeness (QED) is 0.291. The molecule has 1 fully saturated rings. The first-order chi connectivity index (χ1) is 16.9. The Bertz CT molecular complexity index is 1430. The molecule has 1 amide bonds. The number of amidine groups is 1. The second-order valence-corrected chi connectivity index (χ2v) is 9.11. The number of rotatable bonds is 4. The number of hydrogen-bond acceptors (Lipinski definition) is 3. The first kappa shape index (κ1) is 22.8. The van der Waals surface area contributed by atoms with E-state index in [1.807, 2.05) is 49.1 Å². The predicted molar refractivity (Wildman–Crippen MR) is 137 cm³/mol. The number of nitrogens with zero attached hydrogens (tertiary/aromatic N) is 3. The molecule has 2 N–H and O–H groups in total. The Morgan fingerprint density at radius 3 is 2.40 bits per heavy atom. The summed E-state index contributed by atoms with van der Waals surface area (Å²) < 4.78 is 16.6. The van der Waals surface area contributed by atoms with E-state index in [2.05, 4.69) is 16.5 Å². The van der Waals surface area contributed by atoms with E-state index in [4.69, 9.17) is 5.41 Å². The maximum Gasteiger partial charge on any atom is 0.274 e. The standard InChI is InChI=1S/C28H28FN5O/c1-18-14-20-8-4-5-9-21(20)17-25(18)34-26(15-19(2)32-34)28(35)31-24-11-10-22(16-23(24)29)27(30)33-12-6-3-7-13-33/h4-5,8-11,14-17,30H,3,6-7,12-13H2,1-2H3,(H,31,35). The van der Waals surface area contributed by atoms with Gasteiger partial charge in [-0.25, -0.2) is 9.07 Å². The van der Waals surface area contributed by atoms with Crippen LogP contribution in [0.25, 0.3) is 16.5 Å². The lowest BCUT2D eigenvalue weighted by Crippen LogP contribution is -2.35. The van der Waals surface area contributed by atoms with Crippen molar-refractivity contribution in [3.05, 3.63) is 89.0 Å². The van der Waals surface area contributed by atoms with Crippen molar-refractivity contribution in [1.29, 1.82) is 5.41 Å². The Hall–Kier alpha value is -4.00. The third-order valence-electron chi connectivity index (χ3n) is 6.52. The molecule has 1 aliphatic heterocycles. The van der Waals surface area contributed by atoms with Crippen LogP contribution in [-0.4, -0.2) is 39.5 Å². The Morgan fingerprint density at radius 2 is 1.69 bits per heavy atom. The molecule has 0 atom stereocenters. The molecule has 0 unspecified atom stereocenters. The maximum atomic E-state index is 15.0. The van der Waals surface area contributed by atoms with Gasteiger partial charge in [0.1, 0.15) is 17.3 Å². The van der Waals surface area contributed by atoms with E-state index in [-0.39, 0.29) is 5.69 Å². The van der Waals surface area contributed by atoms with Crippen LogP contribution in [0, 0.1) is 25.1 Å². The fraction of sp³-hybridized carbons (Fsp3) is 0.250. The van der Waals surface area contributed by atoms with Crippen LogP contribution in [0.1, 0.15) is 46.6 Å². The number of anilines is 1. The summed E-state index contributed by atoms with van der Waals surface area (Å²) >= 11 is 0. The van der Waals surface area contributed by atoms with Crippen LogP contribution in [0.15, 0.2) is 60.7 Å². The smallest absolute Gasteiger partial charge is 0.274 e. The van der Waals surface area contributed by atoms with Crippen molar-refractivity contribution in [3.8, 4) is 5.69 Å². The minimum atomic E-state index is -0.567. The van der Waals surface area contributed by atoms with Gasteiger partial charge in [0.2, 0.25) is 0 Å². The average molecular weight is 470 g/mol. The molecular formula is C28H28FN5O. The Morgan fingerprint density at radius 1 is 0.971 bits per heavy atom. The van der Waals surface area contributed by atoms with Crippen molar-refractivity contribution in [2.45, 2.75) is 33.1 Å². The van der Waals surface area contributed by atoms with E-state index in [1.165, 1.54) is 12.1 Å². The average Bonchev–Trinajstić information content (AvgIpc) is 3.26. The van der Waals surface area contributed by atoms with E-state index >= 15 is 0 Å². The molecule has 1 aliphatic rings. The van der Waals surface area contributed by atoms with Gasteiger partial charge in [-0.2, -0.15) is 5.10 Å². The van der Waals surface area contributed by atoms with E-state index < -0.39 is 11.7 Å². The molecule has 1 saturated heterocycles. The molecule has 2 heterocycles. The molecule has 35 heavy (non-hydrogen) atoms. The van der Waals surface area contributed by atoms with Crippen molar-refractivity contribution < 1.29 is 9.18 Å². The third kappa shape index (κ3) is 4.54. The highest BCUT2D eigenvalue weighted by Gasteiger charge is 2.20. The molecule has 0 spiro atoms. The second-order valence-electron chi connectivity index (χ2n) is 9.11. The molecule has 0 radical (unpaired) electrons. The number of carbonyl (C=O) groups excluding carboxylic acids is 1. The fourth-order valence-electron chi connectivity index (χ4n) is 4.67. The molecule has 5 rings (SSSR count).